The first kappa shape index (κ1) is 14.6. The molecule has 1 aromatic heterocycles. The predicted molar refractivity (Wildman–Crippen MR) is 63.8 cm³/mol. The van der Waals surface area contributed by atoms with Gasteiger partial charge in [0.25, 0.3) is 0 Å². The zero-order chi connectivity index (χ0) is 13.8. The topological polar surface area (TPSA) is 48.4 Å². The number of nitrogens with one attached hydrogen (secondary N) is 1. The van der Waals surface area contributed by atoms with Gasteiger partial charge in [-0.3, -0.25) is 0 Å². The number of anilines is 2. The van der Waals surface area contributed by atoms with Gasteiger partial charge < -0.3 is 15.3 Å². The van der Waals surface area contributed by atoms with Crippen molar-refractivity contribution in [2.45, 2.75) is 12.6 Å². The Balaban J connectivity index is 3.04. The molecular formula is C11H16F3N3O. The average Bonchev–Trinajstić information content (AvgIpc) is 2.34. The average molecular weight is 263 g/mol. The maximum absolute atomic E-state index is 12.7. The molecule has 0 aliphatic rings. The molecule has 0 aromatic carbocycles. The van der Waals surface area contributed by atoms with E-state index in [4.69, 9.17) is 5.11 Å². The van der Waals surface area contributed by atoms with Gasteiger partial charge in [-0.1, -0.05) is 0 Å². The van der Waals surface area contributed by atoms with Crippen LogP contribution < -0.4 is 10.2 Å². The number of nitrogens with zero attached hydrogens (tertiary/aromatic N) is 2. The molecule has 7 heteroatoms. The van der Waals surface area contributed by atoms with Crippen LogP contribution in [0.2, 0.25) is 0 Å². The van der Waals surface area contributed by atoms with Gasteiger partial charge >= 0.3 is 6.18 Å². The van der Waals surface area contributed by atoms with Crippen molar-refractivity contribution in [3.63, 3.8) is 0 Å². The number of halogens is 3. The Labute approximate surface area is 103 Å². The second kappa shape index (κ2) is 5.90. The number of hydrogen-bond acceptors (Lipinski definition) is 4. The zero-order valence-corrected chi connectivity index (χ0v) is 10.3. The van der Waals surface area contributed by atoms with Gasteiger partial charge in [0.15, 0.2) is 0 Å². The van der Waals surface area contributed by atoms with Crippen LogP contribution >= 0.6 is 0 Å². The fourth-order valence-corrected chi connectivity index (χ4v) is 1.43. The highest BCUT2D eigenvalue weighted by Gasteiger charge is 2.31. The summed E-state index contributed by atoms with van der Waals surface area (Å²) in [5.74, 6) is 0.387. The lowest BCUT2D eigenvalue weighted by molar-refractivity contribution is -0.137. The van der Waals surface area contributed by atoms with Crippen LogP contribution in [-0.4, -0.2) is 37.3 Å². The number of aliphatic hydroxyl groups is 1. The van der Waals surface area contributed by atoms with Crippen LogP contribution in [0.4, 0.5) is 24.8 Å². The highest BCUT2D eigenvalue weighted by Crippen LogP contribution is 2.32. The molecule has 102 valence electrons. The quantitative estimate of drug-likeness (QED) is 0.852. The van der Waals surface area contributed by atoms with Gasteiger partial charge in [0, 0.05) is 27.2 Å². The number of aliphatic hydroxyl groups excluding tert-OH is 1. The number of pyridine rings is 1. The van der Waals surface area contributed by atoms with Crippen LogP contribution in [0.1, 0.15) is 12.0 Å². The van der Waals surface area contributed by atoms with Gasteiger partial charge in [-0.15, -0.1) is 0 Å². The molecule has 4 nitrogen and oxygen atoms in total. The first-order valence-electron chi connectivity index (χ1n) is 5.47. The van der Waals surface area contributed by atoms with Crippen LogP contribution in [0.15, 0.2) is 12.1 Å². The van der Waals surface area contributed by atoms with Gasteiger partial charge in [-0.2, -0.15) is 13.2 Å². The molecule has 1 heterocycles. The highest BCUT2D eigenvalue weighted by molar-refractivity contribution is 5.50. The van der Waals surface area contributed by atoms with E-state index < -0.39 is 11.7 Å². The molecule has 1 aromatic rings. The van der Waals surface area contributed by atoms with Crippen molar-refractivity contribution in [2.75, 3.05) is 37.5 Å². The lowest BCUT2D eigenvalue weighted by Gasteiger charge is -2.20. The third kappa shape index (κ3) is 3.76. The van der Waals surface area contributed by atoms with Crippen molar-refractivity contribution in [3.05, 3.63) is 17.7 Å². The summed E-state index contributed by atoms with van der Waals surface area (Å²) in [6.07, 6.45) is -3.93. The fraction of sp³-hybridized carbons (Fsp3) is 0.545. The molecule has 0 fully saturated rings. The number of alkyl halides is 3. The summed E-state index contributed by atoms with van der Waals surface area (Å²) in [7, 11) is 3.15. The summed E-state index contributed by atoms with van der Waals surface area (Å²) >= 11 is 0. The van der Waals surface area contributed by atoms with Crippen molar-refractivity contribution >= 4 is 11.6 Å². The van der Waals surface area contributed by atoms with Crippen molar-refractivity contribution in [2.24, 2.45) is 0 Å². The third-order valence-electron chi connectivity index (χ3n) is 2.44. The lowest BCUT2D eigenvalue weighted by Crippen LogP contribution is -2.21. The Hall–Kier alpha value is -1.50. The summed E-state index contributed by atoms with van der Waals surface area (Å²) < 4.78 is 38.1. The monoisotopic (exact) mass is 263 g/mol. The van der Waals surface area contributed by atoms with Gasteiger partial charge in [0.05, 0.1) is 5.56 Å². The first-order valence-corrected chi connectivity index (χ1v) is 5.47. The Morgan fingerprint density at radius 3 is 2.56 bits per heavy atom. The van der Waals surface area contributed by atoms with E-state index in [1.165, 1.54) is 7.05 Å². The largest absolute Gasteiger partial charge is 0.416 e. The zero-order valence-electron chi connectivity index (χ0n) is 10.3. The smallest absolute Gasteiger partial charge is 0.396 e. The Morgan fingerprint density at radius 2 is 2.06 bits per heavy atom. The normalized spacial score (nSPS) is 11.4. The summed E-state index contributed by atoms with van der Waals surface area (Å²) in [6, 6.07) is 1.96. The number of hydrogen-bond donors (Lipinski definition) is 2. The number of aromatic nitrogens is 1. The summed E-state index contributed by atoms with van der Waals surface area (Å²) in [4.78, 5) is 5.63. The van der Waals surface area contributed by atoms with Crippen molar-refractivity contribution in [3.8, 4) is 0 Å². The van der Waals surface area contributed by atoms with E-state index in [0.29, 0.717) is 13.0 Å². The Morgan fingerprint density at radius 1 is 1.39 bits per heavy atom. The summed E-state index contributed by atoms with van der Waals surface area (Å²) in [5.41, 5.74) is -0.743. The van der Waals surface area contributed by atoms with Crippen molar-refractivity contribution < 1.29 is 18.3 Å². The van der Waals surface area contributed by atoms with E-state index in [-0.39, 0.29) is 18.2 Å². The molecule has 0 spiro atoms. The molecule has 0 atom stereocenters. The highest BCUT2D eigenvalue weighted by atomic mass is 19.4. The molecule has 0 amide bonds. The van der Waals surface area contributed by atoms with Crippen LogP contribution in [0.25, 0.3) is 0 Å². The molecule has 0 bridgehead atoms. The Bertz CT molecular complexity index is 396. The molecule has 2 N–H and O–H groups in total. The maximum Gasteiger partial charge on any atom is 0.416 e. The second-order valence-corrected chi connectivity index (χ2v) is 3.85. The van der Waals surface area contributed by atoms with Crippen LogP contribution in [0.5, 0.6) is 0 Å². The van der Waals surface area contributed by atoms with Crippen molar-refractivity contribution in [1.29, 1.82) is 0 Å². The van der Waals surface area contributed by atoms with E-state index in [9.17, 15) is 13.2 Å². The molecule has 1 rings (SSSR count). The van der Waals surface area contributed by atoms with Gasteiger partial charge in [-0.05, 0) is 18.6 Å². The third-order valence-corrected chi connectivity index (χ3v) is 2.44. The van der Waals surface area contributed by atoms with Gasteiger partial charge in [-0.25, -0.2) is 4.98 Å². The lowest BCUT2D eigenvalue weighted by atomic mass is 10.2. The molecule has 0 radical (unpaired) electrons. The number of rotatable bonds is 5. The molecule has 18 heavy (non-hydrogen) atoms. The molecule has 0 saturated heterocycles. The fourth-order valence-electron chi connectivity index (χ4n) is 1.43. The predicted octanol–water partition coefficient (Wildman–Crippen LogP) is 1.96. The maximum atomic E-state index is 12.7. The Kier molecular flexibility index (Phi) is 4.77. The summed E-state index contributed by atoms with van der Waals surface area (Å²) in [5, 5.41) is 11.3. The minimum absolute atomic E-state index is 0.0117. The molecule has 0 aliphatic carbocycles. The van der Waals surface area contributed by atoms with Crippen LogP contribution in [0, 0.1) is 0 Å². The standard InChI is InChI=1S/C11H16F3N3O/c1-15-9-6-8(11(12,13)14)7-10(16-9)17(2)4-3-5-18/h6-7,18H,3-5H2,1-2H3,(H,15,16). The molecule has 0 aliphatic heterocycles. The van der Waals surface area contributed by atoms with Crippen LogP contribution in [0.3, 0.4) is 0 Å². The van der Waals surface area contributed by atoms with E-state index in [2.05, 4.69) is 10.3 Å². The first-order chi connectivity index (χ1) is 8.38. The van der Waals surface area contributed by atoms with Crippen LogP contribution in [-0.2, 0) is 6.18 Å². The van der Waals surface area contributed by atoms with E-state index in [1.807, 2.05) is 0 Å². The van der Waals surface area contributed by atoms with E-state index >= 15 is 0 Å². The minimum atomic E-state index is -4.40. The summed E-state index contributed by atoms with van der Waals surface area (Å²) in [6.45, 7) is 0.427. The van der Waals surface area contributed by atoms with Crippen molar-refractivity contribution in [1.82, 2.24) is 4.98 Å². The second-order valence-electron chi connectivity index (χ2n) is 3.85. The van der Waals surface area contributed by atoms with E-state index in [0.717, 1.165) is 12.1 Å². The molecular weight excluding hydrogens is 247 g/mol. The minimum Gasteiger partial charge on any atom is -0.396 e. The van der Waals surface area contributed by atoms with E-state index in [1.54, 1.807) is 11.9 Å². The molecule has 0 unspecified atom stereocenters. The van der Waals surface area contributed by atoms with Gasteiger partial charge in [0.2, 0.25) is 0 Å². The van der Waals surface area contributed by atoms with Gasteiger partial charge in [0.1, 0.15) is 11.6 Å². The SMILES string of the molecule is CNc1cc(C(F)(F)F)cc(N(C)CCCO)n1. The molecule has 0 saturated carbocycles.